The molecule has 0 N–H and O–H groups in total. The van der Waals surface area contributed by atoms with Crippen molar-refractivity contribution in [2.24, 2.45) is 4.99 Å². The Morgan fingerprint density at radius 2 is 1.68 bits per heavy atom. The zero-order valence-corrected chi connectivity index (χ0v) is 18.1. The number of allylic oxidation sites excluding steroid dienone is 2. The van der Waals surface area contributed by atoms with Crippen molar-refractivity contribution >= 4 is 22.6 Å². The largest absolute Gasteiger partial charge is 0.457 e. The third-order valence-corrected chi connectivity index (χ3v) is 6.05. The highest BCUT2D eigenvalue weighted by molar-refractivity contribution is 8.13. The molecule has 0 saturated carbocycles. The number of hydrogen-bond acceptors (Lipinski definition) is 4. The van der Waals surface area contributed by atoms with E-state index in [0.717, 1.165) is 22.2 Å². The first-order valence-electron chi connectivity index (χ1n) is 10.1. The van der Waals surface area contributed by atoms with Gasteiger partial charge in [0.1, 0.15) is 11.5 Å². The van der Waals surface area contributed by atoms with Crippen molar-refractivity contribution in [1.29, 1.82) is 0 Å². The third-order valence-electron chi connectivity index (χ3n) is 5.35. The fourth-order valence-electron chi connectivity index (χ4n) is 3.76. The molecule has 1 aliphatic heterocycles. The van der Waals surface area contributed by atoms with Gasteiger partial charge in [0, 0.05) is 11.3 Å². The van der Waals surface area contributed by atoms with E-state index in [4.69, 9.17) is 4.74 Å². The van der Waals surface area contributed by atoms with E-state index >= 15 is 0 Å². The number of alkyl halides is 3. The molecule has 0 spiro atoms. The molecule has 1 atom stereocenters. The van der Waals surface area contributed by atoms with Gasteiger partial charge in [-0.25, -0.2) is 0 Å². The van der Waals surface area contributed by atoms with Crippen LogP contribution in [-0.2, 0) is 0 Å². The summed E-state index contributed by atoms with van der Waals surface area (Å²) in [6.45, 7) is 2.45. The fraction of sp³-hybridized carbons (Fsp3) is 0.292. The van der Waals surface area contributed by atoms with Gasteiger partial charge in [-0.15, -0.1) is 0 Å². The van der Waals surface area contributed by atoms with E-state index in [-0.39, 0.29) is 12.5 Å². The smallest absolute Gasteiger partial charge is 0.412 e. The van der Waals surface area contributed by atoms with Gasteiger partial charge in [0.05, 0.1) is 12.6 Å². The topological polar surface area (TPSA) is 24.8 Å². The molecule has 0 radical (unpaired) electrons. The predicted molar refractivity (Wildman–Crippen MR) is 121 cm³/mol. The number of anilines is 1. The number of halogens is 3. The summed E-state index contributed by atoms with van der Waals surface area (Å²) in [5.74, 6) is 1.45. The molecule has 31 heavy (non-hydrogen) atoms. The molecule has 0 bridgehead atoms. The molecule has 2 aromatic carbocycles. The van der Waals surface area contributed by atoms with Crippen molar-refractivity contribution in [3.63, 3.8) is 0 Å². The third kappa shape index (κ3) is 4.82. The number of aliphatic imine (C=N–C) groups is 1. The Morgan fingerprint density at radius 3 is 2.29 bits per heavy atom. The first-order valence-corrected chi connectivity index (χ1v) is 11.3. The lowest BCUT2D eigenvalue weighted by molar-refractivity contribution is -0.0941. The van der Waals surface area contributed by atoms with Gasteiger partial charge in [0.25, 0.3) is 0 Å². The molecule has 0 amide bonds. The number of thioether (sulfide) groups is 1. The SMILES string of the molecule is CSC1=NCC(C2=CCCC(C(F)(F)F)=C2)N1c1ccc(Oc2ccc(C)cc2)cc1. The molecule has 2 aromatic rings. The Morgan fingerprint density at radius 1 is 1.03 bits per heavy atom. The molecular formula is C24H23F3N2OS. The monoisotopic (exact) mass is 444 g/mol. The van der Waals surface area contributed by atoms with Crippen LogP contribution in [0, 0.1) is 6.92 Å². The molecule has 3 nitrogen and oxygen atoms in total. The Balaban J connectivity index is 1.57. The number of ether oxygens (including phenoxy) is 1. The van der Waals surface area contributed by atoms with Crippen LogP contribution in [0.3, 0.4) is 0 Å². The molecule has 0 saturated heterocycles. The number of nitrogens with zero attached hydrogens (tertiary/aromatic N) is 2. The van der Waals surface area contributed by atoms with Crippen molar-refractivity contribution in [2.75, 3.05) is 17.7 Å². The number of benzene rings is 2. The van der Waals surface area contributed by atoms with Crippen LogP contribution in [0.5, 0.6) is 11.5 Å². The average Bonchev–Trinajstić information content (AvgIpc) is 3.20. The van der Waals surface area contributed by atoms with E-state index in [1.54, 1.807) is 0 Å². The van der Waals surface area contributed by atoms with E-state index in [0.29, 0.717) is 24.3 Å². The van der Waals surface area contributed by atoms with Crippen molar-refractivity contribution in [1.82, 2.24) is 0 Å². The van der Waals surface area contributed by atoms with Crippen molar-refractivity contribution in [2.45, 2.75) is 32.0 Å². The van der Waals surface area contributed by atoms with E-state index in [9.17, 15) is 13.2 Å². The summed E-state index contributed by atoms with van der Waals surface area (Å²) in [7, 11) is 0. The molecule has 1 heterocycles. The predicted octanol–water partition coefficient (Wildman–Crippen LogP) is 6.90. The summed E-state index contributed by atoms with van der Waals surface area (Å²) in [6.07, 6.45) is 1.26. The summed E-state index contributed by atoms with van der Waals surface area (Å²) in [4.78, 5) is 6.59. The first kappa shape index (κ1) is 21.6. The second kappa shape index (κ2) is 8.83. The van der Waals surface area contributed by atoms with Crippen molar-refractivity contribution in [3.05, 3.63) is 77.4 Å². The van der Waals surface area contributed by atoms with Crippen LogP contribution in [0.4, 0.5) is 18.9 Å². The number of amidine groups is 1. The molecule has 162 valence electrons. The lowest BCUT2D eigenvalue weighted by Crippen LogP contribution is -2.37. The van der Waals surface area contributed by atoms with Crippen LogP contribution in [0.1, 0.15) is 18.4 Å². The summed E-state index contributed by atoms with van der Waals surface area (Å²) >= 11 is 1.49. The Labute approximate surface area is 184 Å². The summed E-state index contributed by atoms with van der Waals surface area (Å²) in [5.41, 5.74) is 2.24. The van der Waals surface area contributed by atoms with Gasteiger partial charge in [-0.05, 0) is 74.1 Å². The zero-order valence-electron chi connectivity index (χ0n) is 17.3. The lowest BCUT2D eigenvalue weighted by atomic mass is 9.94. The number of rotatable bonds is 4. The van der Waals surface area contributed by atoms with E-state index in [1.807, 2.05) is 72.7 Å². The van der Waals surface area contributed by atoms with Gasteiger partial charge >= 0.3 is 6.18 Å². The summed E-state index contributed by atoms with van der Waals surface area (Å²) in [5, 5.41) is 0.797. The maximum atomic E-state index is 13.3. The molecule has 1 aliphatic carbocycles. The second-order valence-electron chi connectivity index (χ2n) is 7.53. The standard InChI is InChI=1S/C24H23F3N2OS/c1-16-6-10-20(11-7-16)30-21-12-8-19(9-13-21)29-22(15-28-23(29)31-2)17-4-3-5-18(14-17)24(25,26)27/h4,6-14,22H,3,5,15H2,1-2H3. The Hall–Kier alpha value is -2.67. The molecule has 7 heteroatoms. The maximum absolute atomic E-state index is 13.3. The summed E-state index contributed by atoms with van der Waals surface area (Å²) in [6, 6.07) is 15.1. The second-order valence-corrected chi connectivity index (χ2v) is 8.31. The highest BCUT2D eigenvalue weighted by atomic mass is 32.2. The molecule has 1 unspecified atom stereocenters. The van der Waals surface area contributed by atoms with E-state index in [2.05, 4.69) is 4.99 Å². The highest BCUT2D eigenvalue weighted by Crippen LogP contribution is 2.37. The minimum absolute atomic E-state index is 0.0288. The Bertz CT molecular complexity index is 1020. The minimum Gasteiger partial charge on any atom is -0.457 e. The molecule has 2 aliphatic rings. The quantitative estimate of drug-likeness (QED) is 0.513. The number of hydrogen-bond donors (Lipinski definition) is 0. The van der Waals surface area contributed by atoms with Crippen LogP contribution >= 0.6 is 11.8 Å². The van der Waals surface area contributed by atoms with Crippen LogP contribution in [0.25, 0.3) is 0 Å². The van der Waals surface area contributed by atoms with Crippen molar-refractivity contribution < 1.29 is 17.9 Å². The molecular weight excluding hydrogens is 421 g/mol. The van der Waals surface area contributed by atoms with Gasteiger partial charge in [0.15, 0.2) is 5.17 Å². The van der Waals surface area contributed by atoms with E-state index < -0.39 is 11.7 Å². The normalized spacial score (nSPS) is 19.1. The fourth-order valence-corrected chi connectivity index (χ4v) is 4.40. The lowest BCUT2D eigenvalue weighted by Gasteiger charge is -2.30. The van der Waals surface area contributed by atoms with Gasteiger partial charge in [0.2, 0.25) is 0 Å². The minimum atomic E-state index is -4.29. The average molecular weight is 445 g/mol. The van der Waals surface area contributed by atoms with Gasteiger partial charge < -0.3 is 9.64 Å². The van der Waals surface area contributed by atoms with Crippen LogP contribution < -0.4 is 9.64 Å². The van der Waals surface area contributed by atoms with Crippen LogP contribution in [0.15, 0.2) is 76.8 Å². The van der Waals surface area contributed by atoms with Gasteiger partial charge in [-0.3, -0.25) is 4.99 Å². The number of aryl methyl sites for hydroxylation is 1. The highest BCUT2D eigenvalue weighted by Gasteiger charge is 2.37. The van der Waals surface area contributed by atoms with E-state index in [1.165, 1.54) is 17.8 Å². The first-order chi connectivity index (χ1) is 14.8. The Kier molecular flexibility index (Phi) is 6.14. The maximum Gasteiger partial charge on any atom is 0.412 e. The molecule has 0 aromatic heterocycles. The molecule has 0 fully saturated rings. The van der Waals surface area contributed by atoms with Crippen molar-refractivity contribution in [3.8, 4) is 11.5 Å². The molecule has 4 rings (SSSR count). The van der Waals surface area contributed by atoms with Crippen LogP contribution in [-0.4, -0.2) is 30.2 Å². The van der Waals surface area contributed by atoms with Crippen LogP contribution in [0.2, 0.25) is 0 Å². The van der Waals surface area contributed by atoms with Gasteiger partial charge in [-0.2, -0.15) is 13.2 Å². The van der Waals surface area contributed by atoms with Gasteiger partial charge in [-0.1, -0.05) is 35.5 Å². The zero-order chi connectivity index (χ0) is 22.0. The summed E-state index contributed by atoms with van der Waals surface area (Å²) < 4.78 is 45.7.